The van der Waals surface area contributed by atoms with E-state index in [4.69, 9.17) is 0 Å². The highest BCUT2D eigenvalue weighted by Gasteiger charge is 2.34. The van der Waals surface area contributed by atoms with Crippen LogP contribution in [0.15, 0.2) is 24.3 Å². The molecule has 2 saturated heterocycles. The van der Waals surface area contributed by atoms with E-state index >= 15 is 0 Å². The number of tetrazole rings is 1. The maximum Gasteiger partial charge on any atom is 0.224 e. The second kappa shape index (κ2) is 6.92. The van der Waals surface area contributed by atoms with Gasteiger partial charge >= 0.3 is 0 Å². The summed E-state index contributed by atoms with van der Waals surface area (Å²) in [6, 6.07) is 8.96. The van der Waals surface area contributed by atoms with Crippen LogP contribution in [-0.4, -0.2) is 38.2 Å². The zero-order valence-electron chi connectivity index (χ0n) is 14.5. The molecule has 0 aliphatic carbocycles. The van der Waals surface area contributed by atoms with E-state index in [2.05, 4.69) is 26.2 Å². The summed E-state index contributed by atoms with van der Waals surface area (Å²) >= 11 is 0. The average molecular weight is 340 g/mol. The van der Waals surface area contributed by atoms with Gasteiger partial charge in [-0.1, -0.05) is 12.1 Å². The summed E-state index contributed by atoms with van der Waals surface area (Å²) in [5.41, 5.74) is 1.70. The first-order valence-electron chi connectivity index (χ1n) is 9.13. The zero-order valence-corrected chi connectivity index (χ0v) is 14.5. The van der Waals surface area contributed by atoms with Crippen LogP contribution in [0.2, 0.25) is 0 Å². The minimum absolute atomic E-state index is 0.0959. The zero-order chi connectivity index (χ0) is 17.2. The Hall–Kier alpha value is -2.28. The number of hydrogen-bond donors (Lipinski definition) is 2. The molecule has 2 aliphatic heterocycles. The number of hydrogen-bond acceptors (Lipinski definition) is 5. The average Bonchev–Trinajstić information content (AvgIpc) is 3.21. The molecule has 1 aromatic heterocycles. The van der Waals surface area contributed by atoms with Gasteiger partial charge in [0.25, 0.3) is 0 Å². The number of nitrogens with one attached hydrogen (secondary N) is 2. The van der Waals surface area contributed by atoms with Gasteiger partial charge in [0.05, 0.1) is 0 Å². The Balaban J connectivity index is 1.41. The van der Waals surface area contributed by atoms with E-state index in [0.29, 0.717) is 36.8 Å². The first-order valence-corrected chi connectivity index (χ1v) is 9.13. The van der Waals surface area contributed by atoms with E-state index in [1.165, 1.54) is 12.8 Å². The van der Waals surface area contributed by atoms with Gasteiger partial charge in [-0.25, -0.2) is 4.68 Å². The normalized spacial score (nSPS) is 25.1. The number of aryl methyl sites for hydroxylation is 1. The number of benzene rings is 1. The fourth-order valence-electron chi connectivity index (χ4n) is 4.18. The van der Waals surface area contributed by atoms with Gasteiger partial charge in [0.2, 0.25) is 5.91 Å². The van der Waals surface area contributed by atoms with Crippen LogP contribution in [0, 0.1) is 5.92 Å². The van der Waals surface area contributed by atoms with Crippen molar-refractivity contribution in [1.29, 1.82) is 0 Å². The van der Waals surface area contributed by atoms with Gasteiger partial charge in [0, 0.05) is 36.3 Å². The number of carbonyl (C=O) groups excluding carboxylic acids is 1. The molecule has 7 heteroatoms. The van der Waals surface area contributed by atoms with Crippen molar-refractivity contribution < 1.29 is 4.79 Å². The number of piperidine rings is 1. The number of carbonyl (C=O) groups is 1. The molecule has 0 radical (unpaired) electrons. The van der Waals surface area contributed by atoms with E-state index in [1.54, 1.807) is 4.68 Å². The van der Waals surface area contributed by atoms with Crippen LogP contribution in [0.5, 0.6) is 0 Å². The molecular weight excluding hydrogens is 316 g/mol. The topological polar surface area (TPSA) is 84.7 Å². The lowest BCUT2D eigenvalue weighted by molar-refractivity contribution is -0.117. The van der Waals surface area contributed by atoms with Gasteiger partial charge in [0.15, 0.2) is 5.82 Å². The molecule has 2 atom stereocenters. The van der Waals surface area contributed by atoms with Gasteiger partial charge in [-0.15, -0.1) is 5.10 Å². The van der Waals surface area contributed by atoms with Gasteiger partial charge in [-0.2, -0.15) is 0 Å². The van der Waals surface area contributed by atoms with E-state index in [9.17, 15) is 4.79 Å². The van der Waals surface area contributed by atoms with Gasteiger partial charge in [-0.05, 0) is 61.1 Å². The molecule has 25 heavy (non-hydrogen) atoms. The third kappa shape index (κ3) is 3.56. The highest BCUT2D eigenvalue weighted by Crippen LogP contribution is 2.33. The summed E-state index contributed by atoms with van der Waals surface area (Å²) in [6.45, 7) is 2.70. The third-order valence-corrected chi connectivity index (χ3v) is 5.28. The largest absolute Gasteiger partial charge is 0.326 e. The lowest BCUT2D eigenvalue weighted by Gasteiger charge is -2.28. The molecule has 1 amide bonds. The highest BCUT2D eigenvalue weighted by molar-refractivity contribution is 5.91. The summed E-state index contributed by atoms with van der Waals surface area (Å²) in [4.78, 5) is 12.5. The van der Waals surface area contributed by atoms with Gasteiger partial charge in [-0.3, -0.25) is 4.79 Å². The summed E-state index contributed by atoms with van der Waals surface area (Å²) in [7, 11) is 0. The Morgan fingerprint density at radius 1 is 1.32 bits per heavy atom. The Morgan fingerprint density at radius 3 is 2.88 bits per heavy atom. The van der Waals surface area contributed by atoms with Crippen molar-refractivity contribution in [2.45, 2.75) is 57.7 Å². The standard InChI is InChI=1S/C18H24N6O/c1-2-24-18(21-22-23-24)13-4-3-5-14(11-13)20-17(25)10-12-8-15-6-7-16(9-12)19-15/h3-5,11-12,15-16,19H,2,6-10H2,1H3,(H,20,25). The molecule has 2 bridgehead atoms. The quantitative estimate of drug-likeness (QED) is 0.872. The molecule has 2 N–H and O–H groups in total. The Bertz CT molecular complexity index is 746. The summed E-state index contributed by atoms with van der Waals surface area (Å²) in [6.07, 6.45) is 5.37. The van der Waals surface area contributed by atoms with E-state index < -0.39 is 0 Å². The number of nitrogens with zero attached hydrogens (tertiary/aromatic N) is 4. The molecule has 0 spiro atoms. The summed E-state index contributed by atoms with van der Waals surface area (Å²) in [5, 5.41) is 18.4. The van der Waals surface area contributed by atoms with E-state index in [1.807, 2.05) is 31.2 Å². The van der Waals surface area contributed by atoms with Crippen molar-refractivity contribution in [3.05, 3.63) is 24.3 Å². The fourth-order valence-corrected chi connectivity index (χ4v) is 4.18. The lowest BCUT2D eigenvalue weighted by Crippen LogP contribution is -2.39. The van der Waals surface area contributed by atoms with Crippen LogP contribution in [0.4, 0.5) is 5.69 Å². The second-order valence-corrected chi connectivity index (χ2v) is 7.13. The highest BCUT2D eigenvalue weighted by atomic mass is 16.1. The van der Waals surface area contributed by atoms with Crippen LogP contribution >= 0.6 is 0 Å². The van der Waals surface area contributed by atoms with E-state index in [-0.39, 0.29) is 5.91 Å². The van der Waals surface area contributed by atoms with Gasteiger partial charge < -0.3 is 10.6 Å². The molecule has 4 rings (SSSR count). The molecule has 7 nitrogen and oxygen atoms in total. The number of fused-ring (bicyclic) bond motifs is 2. The van der Waals surface area contributed by atoms with Crippen LogP contribution in [0.25, 0.3) is 11.4 Å². The fraction of sp³-hybridized carbons (Fsp3) is 0.556. The van der Waals surface area contributed by atoms with Crippen molar-refractivity contribution in [2.24, 2.45) is 5.92 Å². The molecular formula is C18H24N6O. The third-order valence-electron chi connectivity index (χ3n) is 5.28. The van der Waals surface area contributed by atoms with Crippen molar-refractivity contribution in [2.75, 3.05) is 5.32 Å². The smallest absolute Gasteiger partial charge is 0.224 e. The monoisotopic (exact) mass is 340 g/mol. The Labute approximate surface area is 147 Å². The molecule has 132 valence electrons. The SMILES string of the molecule is CCn1nnnc1-c1cccc(NC(=O)CC2CC3CCC(C2)N3)c1. The molecule has 0 saturated carbocycles. The molecule has 2 aliphatic rings. The lowest BCUT2D eigenvalue weighted by atomic mass is 9.89. The molecule has 2 fully saturated rings. The number of amides is 1. The number of rotatable bonds is 5. The number of aromatic nitrogens is 4. The first kappa shape index (κ1) is 16.2. The molecule has 3 heterocycles. The minimum Gasteiger partial charge on any atom is -0.326 e. The maximum absolute atomic E-state index is 12.5. The van der Waals surface area contributed by atoms with Gasteiger partial charge in [0.1, 0.15) is 0 Å². The van der Waals surface area contributed by atoms with Crippen LogP contribution < -0.4 is 10.6 Å². The molecule has 2 unspecified atom stereocenters. The van der Waals surface area contributed by atoms with Crippen molar-refractivity contribution in [3.63, 3.8) is 0 Å². The summed E-state index contributed by atoms with van der Waals surface area (Å²) < 4.78 is 1.74. The van der Waals surface area contributed by atoms with E-state index in [0.717, 1.165) is 24.1 Å². The molecule has 2 aromatic rings. The van der Waals surface area contributed by atoms with Crippen LogP contribution in [-0.2, 0) is 11.3 Å². The Morgan fingerprint density at radius 2 is 2.12 bits per heavy atom. The Kier molecular flexibility index (Phi) is 4.48. The van der Waals surface area contributed by atoms with Crippen molar-refractivity contribution in [3.8, 4) is 11.4 Å². The predicted octanol–water partition coefficient (Wildman–Crippen LogP) is 2.22. The first-order chi connectivity index (χ1) is 12.2. The minimum atomic E-state index is 0.0959. The maximum atomic E-state index is 12.5. The van der Waals surface area contributed by atoms with Crippen LogP contribution in [0.1, 0.15) is 39.0 Å². The van der Waals surface area contributed by atoms with Crippen LogP contribution in [0.3, 0.4) is 0 Å². The van der Waals surface area contributed by atoms with Crippen molar-refractivity contribution in [1.82, 2.24) is 25.5 Å². The molecule has 1 aromatic carbocycles. The van der Waals surface area contributed by atoms with Crippen molar-refractivity contribution >= 4 is 11.6 Å². The number of anilines is 1. The summed E-state index contributed by atoms with van der Waals surface area (Å²) in [5.74, 6) is 1.31. The second-order valence-electron chi connectivity index (χ2n) is 7.13. The predicted molar refractivity (Wildman–Crippen MR) is 94.8 cm³/mol.